The van der Waals surface area contributed by atoms with Gasteiger partial charge in [-0.25, -0.2) is 56.4 Å². The molecule has 5 aliphatic rings. The van der Waals surface area contributed by atoms with Crippen LogP contribution in [0.1, 0.15) is 48.8 Å². The van der Waals surface area contributed by atoms with Gasteiger partial charge < -0.3 is 0 Å². The third kappa shape index (κ3) is 31.3. The van der Waals surface area contributed by atoms with Crippen LogP contribution < -0.4 is 0 Å². The van der Waals surface area contributed by atoms with E-state index >= 15 is 0 Å². The molecule has 0 heterocycles. The Balaban J connectivity index is 0.000000743. The van der Waals surface area contributed by atoms with Gasteiger partial charge in [-0.3, -0.25) is 30.4 Å². The number of benzene rings is 3. The van der Waals surface area contributed by atoms with Crippen LogP contribution in [0.5, 0.6) is 0 Å². The molecular formula is C61H86Si5Ti-8. The van der Waals surface area contributed by atoms with E-state index in [9.17, 15) is 0 Å². The molecule has 0 aromatic heterocycles. The van der Waals surface area contributed by atoms with Gasteiger partial charge in [-0.15, -0.1) is 68.5 Å². The molecule has 0 atom stereocenters. The quantitative estimate of drug-likeness (QED) is 0.177. The Morgan fingerprint density at radius 2 is 0.433 bits per heavy atom. The van der Waals surface area contributed by atoms with E-state index in [1.54, 1.807) is 0 Å². The average Bonchev–Trinajstić information content (AvgIpc) is 4.09. The summed E-state index contributed by atoms with van der Waals surface area (Å²) in [5.74, 6) is 0. The number of hydrogen-bond donors (Lipinski definition) is 0. The predicted molar refractivity (Wildman–Crippen MR) is 312 cm³/mol. The van der Waals surface area contributed by atoms with Crippen LogP contribution in [0.15, 0.2) is 178 Å². The van der Waals surface area contributed by atoms with Crippen LogP contribution in [0, 0.1) is 51.2 Å². The Hall–Kier alpha value is -3.53. The SMILES string of the molecule is C[Si](C)(C)C1=[C-]CC=C1.C[Si](C)(C)C1=[C-]CC=C1.C[Si](C)(C)C1=[C-]CC=C1.C[Si](C)(C)C1=[C-]CC=C1.C[Si](C)(C)C1=[C-]CC=C1.[CH2-]c1ccccc1.[CH2-]c1ccccc1.[CH2-]c1ccccc1.[Ti]. The van der Waals surface area contributed by atoms with E-state index in [4.69, 9.17) is 0 Å². The summed E-state index contributed by atoms with van der Waals surface area (Å²) in [6.45, 7) is 46.4. The molecule has 6 heteroatoms. The first kappa shape index (κ1) is 63.5. The molecule has 0 fully saturated rings. The van der Waals surface area contributed by atoms with Gasteiger partial charge in [-0.2, -0.15) is 104 Å². The van der Waals surface area contributed by atoms with Crippen molar-refractivity contribution in [2.45, 2.75) is 130 Å². The second-order valence-corrected chi connectivity index (χ2v) is 46.9. The Kier molecular flexibility index (Phi) is 30.6. The maximum absolute atomic E-state index is 3.72. The van der Waals surface area contributed by atoms with E-state index in [0.29, 0.717) is 0 Å². The van der Waals surface area contributed by atoms with Crippen molar-refractivity contribution in [3.8, 4) is 0 Å². The molecule has 0 N–H and O–H groups in total. The van der Waals surface area contributed by atoms with Gasteiger partial charge in [0, 0.05) is 62.1 Å². The van der Waals surface area contributed by atoms with Gasteiger partial charge in [0.2, 0.25) is 0 Å². The van der Waals surface area contributed by atoms with Crippen molar-refractivity contribution in [2.24, 2.45) is 0 Å². The number of allylic oxidation sites excluding steroid dienone is 20. The second kappa shape index (κ2) is 32.3. The topological polar surface area (TPSA) is 0 Å². The van der Waals surface area contributed by atoms with Gasteiger partial charge in [0.25, 0.3) is 0 Å². The minimum Gasteiger partial charge on any atom is -0.274 e. The summed E-state index contributed by atoms with van der Waals surface area (Å²) in [7, 11) is -5.03. The summed E-state index contributed by atoms with van der Waals surface area (Å²) in [5.41, 5.74) is 3.22. The van der Waals surface area contributed by atoms with Gasteiger partial charge in [0.05, 0.1) is 0 Å². The molecule has 8 rings (SSSR count). The van der Waals surface area contributed by atoms with Gasteiger partial charge in [-0.05, 0) is 0 Å². The molecule has 0 radical (unpaired) electrons. The first-order chi connectivity index (χ1) is 30.7. The normalized spacial score (nSPS) is 15.0. The minimum atomic E-state index is -1.01. The molecule has 0 amide bonds. The maximum atomic E-state index is 3.72. The summed E-state index contributed by atoms with van der Waals surface area (Å²) < 4.78 is 0. The monoisotopic (exact) mass is 1010 g/mol. The zero-order chi connectivity index (χ0) is 49.9. The van der Waals surface area contributed by atoms with E-state index in [2.05, 4.69) is 210 Å². The molecular weight excluding hydrogens is 921 g/mol. The third-order valence-corrected chi connectivity index (χ3v) is 19.8. The van der Waals surface area contributed by atoms with Crippen LogP contribution in [0.25, 0.3) is 0 Å². The van der Waals surface area contributed by atoms with Crippen molar-refractivity contribution in [1.29, 1.82) is 0 Å². The van der Waals surface area contributed by atoms with E-state index in [1.165, 1.54) is 26.0 Å². The third-order valence-electron chi connectivity index (χ3n) is 10.0. The first-order valence-electron chi connectivity index (χ1n) is 23.7. The van der Waals surface area contributed by atoms with Crippen LogP contribution in [-0.2, 0) is 21.7 Å². The first-order valence-corrected chi connectivity index (χ1v) is 41.2. The van der Waals surface area contributed by atoms with Gasteiger partial charge in [0.15, 0.2) is 0 Å². The van der Waals surface area contributed by atoms with Crippen LogP contribution >= 0.6 is 0 Å². The summed E-state index contributed by atoms with van der Waals surface area (Å²) >= 11 is 0. The predicted octanol–water partition coefficient (Wildman–Crippen LogP) is 18.4. The summed E-state index contributed by atoms with van der Waals surface area (Å²) in [5, 5.41) is 7.44. The molecule has 0 unspecified atom stereocenters. The van der Waals surface area contributed by atoms with Crippen molar-refractivity contribution >= 4 is 40.4 Å². The number of rotatable bonds is 5. The summed E-state index contributed by atoms with van der Waals surface area (Å²) in [6, 6.07) is 29.6. The zero-order valence-electron chi connectivity index (χ0n) is 44.6. The molecule has 0 saturated carbocycles. The summed E-state index contributed by atoms with van der Waals surface area (Å²) in [4.78, 5) is 0. The number of hydrogen-bond acceptors (Lipinski definition) is 0. The summed E-state index contributed by atoms with van der Waals surface area (Å²) in [6.07, 6.45) is 44.1. The van der Waals surface area contributed by atoms with E-state index in [1.807, 2.05) is 91.0 Å². The molecule has 362 valence electrons. The van der Waals surface area contributed by atoms with Gasteiger partial charge in [0.1, 0.15) is 0 Å². The van der Waals surface area contributed by atoms with Gasteiger partial charge in [-0.1, -0.05) is 116 Å². The minimum absolute atomic E-state index is 0. The molecule has 0 spiro atoms. The van der Waals surface area contributed by atoms with Crippen molar-refractivity contribution in [2.75, 3.05) is 0 Å². The van der Waals surface area contributed by atoms with Crippen molar-refractivity contribution in [3.05, 3.63) is 246 Å². The van der Waals surface area contributed by atoms with Crippen LogP contribution in [0.4, 0.5) is 0 Å². The largest absolute Gasteiger partial charge is 0.274 e. The molecule has 0 bridgehead atoms. The molecule has 0 nitrogen and oxygen atoms in total. The molecule has 0 aliphatic heterocycles. The van der Waals surface area contributed by atoms with E-state index < -0.39 is 40.4 Å². The van der Waals surface area contributed by atoms with Crippen LogP contribution in [0.2, 0.25) is 98.2 Å². The van der Waals surface area contributed by atoms with Crippen molar-refractivity contribution in [1.82, 2.24) is 0 Å². The smallest absolute Gasteiger partial charge is 0.0393 e. The maximum Gasteiger partial charge on any atom is 0.0393 e. The van der Waals surface area contributed by atoms with E-state index in [-0.39, 0.29) is 21.7 Å². The molecule has 3 aromatic rings. The Morgan fingerprint density at radius 1 is 0.284 bits per heavy atom. The molecule has 67 heavy (non-hydrogen) atoms. The van der Waals surface area contributed by atoms with Crippen molar-refractivity contribution < 1.29 is 21.7 Å². The Labute approximate surface area is 434 Å². The zero-order valence-corrected chi connectivity index (χ0v) is 51.2. The Morgan fingerprint density at radius 3 is 0.493 bits per heavy atom. The van der Waals surface area contributed by atoms with E-state index in [0.717, 1.165) is 48.8 Å². The standard InChI is InChI=1S/5C8H13Si.3C7H7.Ti/c5*1-9(2,3)8-6-4-5-7-8;3*1-7-5-3-2-4-6-7;/h5*4,6H,5H2,1-3H3;3*2-6H,1H2;/q8*-1;. The molecule has 5 aliphatic carbocycles. The fourth-order valence-corrected chi connectivity index (χ4v) is 12.3. The van der Waals surface area contributed by atoms with Crippen LogP contribution in [0.3, 0.4) is 0 Å². The molecule has 3 aromatic carbocycles. The fraction of sp³-hybridized carbons (Fsp3) is 0.328. The average molecular weight is 1010 g/mol. The Bertz CT molecular complexity index is 1810. The second-order valence-electron chi connectivity index (χ2n) is 21.7. The van der Waals surface area contributed by atoms with Gasteiger partial charge >= 0.3 is 0 Å². The van der Waals surface area contributed by atoms with Crippen LogP contribution in [-0.4, -0.2) is 40.4 Å². The molecule has 0 saturated heterocycles. The fourth-order valence-electron chi connectivity index (χ4n) is 6.03. The van der Waals surface area contributed by atoms with Crippen molar-refractivity contribution in [3.63, 3.8) is 0 Å².